The van der Waals surface area contributed by atoms with E-state index < -0.39 is 6.61 Å². The number of thioether (sulfide) groups is 1. The largest absolute Gasteiger partial charge is 0.434 e. The first kappa shape index (κ1) is 18.5. The van der Waals surface area contributed by atoms with Gasteiger partial charge >= 0.3 is 6.61 Å². The number of imidazole rings is 1. The van der Waals surface area contributed by atoms with Crippen LogP contribution in [0.25, 0.3) is 11.0 Å². The van der Waals surface area contributed by atoms with Crippen molar-refractivity contribution in [2.75, 3.05) is 19.0 Å². The van der Waals surface area contributed by atoms with Crippen LogP contribution in [-0.4, -0.2) is 30.7 Å². The van der Waals surface area contributed by atoms with Crippen molar-refractivity contribution < 1.29 is 13.5 Å². The molecule has 1 aromatic heterocycles. The molecule has 0 amide bonds. The Labute approximate surface area is 155 Å². The van der Waals surface area contributed by atoms with Gasteiger partial charge in [-0.3, -0.25) is 0 Å². The van der Waals surface area contributed by atoms with Crippen molar-refractivity contribution in [1.29, 1.82) is 0 Å². The van der Waals surface area contributed by atoms with Crippen LogP contribution in [-0.2, 0) is 5.75 Å². The summed E-state index contributed by atoms with van der Waals surface area (Å²) in [6.45, 7) is 0.662. The number of nitrogens with zero attached hydrogens (tertiary/aromatic N) is 2. The number of H-pyrrole nitrogens is 1. The second kappa shape index (κ2) is 7.53. The normalized spacial score (nSPS) is 11.3. The molecule has 0 spiro atoms. The van der Waals surface area contributed by atoms with Gasteiger partial charge in [0.1, 0.15) is 5.75 Å². The lowest BCUT2D eigenvalue weighted by Gasteiger charge is -2.16. The van der Waals surface area contributed by atoms with E-state index in [4.69, 9.17) is 0 Å². The predicted molar refractivity (Wildman–Crippen MR) is 103 cm³/mol. The van der Waals surface area contributed by atoms with Crippen LogP contribution in [0.5, 0.6) is 5.75 Å². The second-order valence-corrected chi connectivity index (χ2v) is 7.24. The van der Waals surface area contributed by atoms with E-state index in [2.05, 4.69) is 31.7 Å². The van der Waals surface area contributed by atoms with E-state index in [9.17, 15) is 8.78 Å². The van der Waals surface area contributed by atoms with E-state index in [1.807, 2.05) is 26.2 Å². The van der Waals surface area contributed by atoms with E-state index >= 15 is 0 Å². The van der Waals surface area contributed by atoms with Gasteiger partial charge in [-0.25, -0.2) is 4.98 Å². The van der Waals surface area contributed by atoms with Gasteiger partial charge in [0.05, 0.1) is 11.0 Å². The van der Waals surface area contributed by atoms with Crippen LogP contribution in [0.1, 0.15) is 16.7 Å². The van der Waals surface area contributed by atoms with Crippen molar-refractivity contribution in [1.82, 2.24) is 9.97 Å². The van der Waals surface area contributed by atoms with Crippen molar-refractivity contribution in [3.63, 3.8) is 0 Å². The molecule has 26 heavy (non-hydrogen) atoms. The fraction of sp³-hybridized carbons (Fsp3) is 0.316. The zero-order valence-electron chi connectivity index (χ0n) is 15.1. The van der Waals surface area contributed by atoms with Crippen molar-refractivity contribution in [2.24, 2.45) is 0 Å². The molecule has 4 nitrogen and oxygen atoms in total. The Hall–Kier alpha value is -2.28. The highest BCUT2D eigenvalue weighted by Crippen LogP contribution is 2.34. The number of aromatic nitrogens is 2. The molecule has 0 bridgehead atoms. The predicted octanol–water partition coefficient (Wildman–Crippen LogP) is 5.14. The van der Waals surface area contributed by atoms with Gasteiger partial charge in [-0.15, -0.1) is 0 Å². The summed E-state index contributed by atoms with van der Waals surface area (Å²) < 4.78 is 29.9. The number of para-hydroxylation sites is 1. The monoisotopic (exact) mass is 377 g/mol. The molecule has 138 valence electrons. The third kappa shape index (κ3) is 3.77. The topological polar surface area (TPSA) is 41.2 Å². The summed E-state index contributed by atoms with van der Waals surface area (Å²) in [4.78, 5) is 9.93. The minimum absolute atomic E-state index is 0.202. The number of benzene rings is 2. The van der Waals surface area contributed by atoms with Crippen molar-refractivity contribution >= 4 is 28.5 Å². The fourth-order valence-corrected chi connectivity index (χ4v) is 3.87. The van der Waals surface area contributed by atoms with Crippen LogP contribution in [0, 0.1) is 13.8 Å². The van der Waals surface area contributed by atoms with Gasteiger partial charge in [0.2, 0.25) is 0 Å². The SMILES string of the molecule is Cc1cc2[nH]c(SCc3ccccc3N(C)C)nc2c(C)c1OC(F)F. The number of rotatable bonds is 6. The van der Waals surface area contributed by atoms with Crippen LogP contribution in [0.3, 0.4) is 0 Å². The van der Waals surface area contributed by atoms with Crippen LogP contribution in [0.15, 0.2) is 35.5 Å². The molecule has 0 aliphatic rings. The highest BCUT2D eigenvalue weighted by Gasteiger charge is 2.16. The third-order valence-electron chi connectivity index (χ3n) is 4.17. The molecule has 1 heterocycles. The molecule has 1 N–H and O–H groups in total. The summed E-state index contributed by atoms with van der Waals surface area (Å²) in [6, 6.07) is 10.0. The number of hydrogen-bond donors (Lipinski definition) is 1. The first-order valence-corrected chi connectivity index (χ1v) is 9.18. The number of anilines is 1. The minimum atomic E-state index is -2.85. The number of halogens is 2. The summed E-state index contributed by atoms with van der Waals surface area (Å²) in [7, 11) is 4.03. The van der Waals surface area contributed by atoms with Gasteiger partial charge in [-0.2, -0.15) is 8.78 Å². The molecular weight excluding hydrogens is 356 g/mol. The summed E-state index contributed by atoms with van der Waals surface area (Å²) in [6.07, 6.45) is 0. The molecule has 2 aromatic carbocycles. The number of alkyl halides is 2. The lowest BCUT2D eigenvalue weighted by atomic mass is 10.1. The van der Waals surface area contributed by atoms with Crippen molar-refractivity contribution in [3.8, 4) is 5.75 Å². The molecule has 0 aliphatic heterocycles. The maximum Gasteiger partial charge on any atom is 0.387 e. The number of nitrogens with one attached hydrogen (secondary N) is 1. The Bertz CT molecular complexity index is 925. The highest BCUT2D eigenvalue weighted by atomic mass is 32.2. The fourth-order valence-electron chi connectivity index (χ4n) is 2.99. The molecule has 0 saturated carbocycles. The quantitative estimate of drug-likeness (QED) is 0.604. The Morgan fingerprint density at radius 3 is 2.65 bits per heavy atom. The molecule has 0 radical (unpaired) electrons. The van der Waals surface area contributed by atoms with Gasteiger partial charge < -0.3 is 14.6 Å². The summed E-state index contributed by atoms with van der Waals surface area (Å²) in [5.74, 6) is 0.959. The lowest BCUT2D eigenvalue weighted by Crippen LogP contribution is -2.10. The maximum atomic E-state index is 12.6. The molecule has 0 atom stereocenters. The number of aromatic amines is 1. The zero-order chi connectivity index (χ0) is 18.8. The summed E-state index contributed by atoms with van der Waals surface area (Å²) in [5, 5.41) is 0.755. The first-order chi connectivity index (χ1) is 12.4. The number of aryl methyl sites for hydroxylation is 2. The summed E-state index contributed by atoms with van der Waals surface area (Å²) in [5.41, 5.74) is 5.14. The van der Waals surface area contributed by atoms with Gasteiger partial charge in [0.25, 0.3) is 0 Å². The maximum absolute atomic E-state index is 12.6. The van der Waals surface area contributed by atoms with Gasteiger partial charge in [0, 0.05) is 31.1 Å². The van der Waals surface area contributed by atoms with Gasteiger partial charge in [-0.05, 0) is 37.1 Å². The molecule has 0 unspecified atom stereocenters. The zero-order valence-corrected chi connectivity index (χ0v) is 16.0. The Morgan fingerprint density at radius 2 is 1.96 bits per heavy atom. The smallest absolute Gasteiger partial charge is 0.387 e. The molecule has 3 aromatic rings. The molecular formula is C19H21F2N3OS. The average Bonchev–Trinajstić information content (AvgIpc) is 2.99. The number of hydrogen-bond acceptors (Lipinski definition) is 4. The molecule has 0 aliphatic carbocycles. The van der Waals surface area contributed by atoms with Gasteiger partial charge in [0.15, 0.2) is 5.16 Å². The summed E-state index contributed by atoms with van der Waals surface area (Å²) >= 11 is 1.58. The van der Waals surface area contributed by atoms with E-state index in [0.717, 1.165) is 22.1 Å². The highest BCUT2D eigenvalue weighted by molar-refractivity contribution is 7.98. The van der Waals surface area contributed by atoms with Gasteiger partial charge in [-0.1, -0.05) is 30.0 Å². The third-order valence-corrected chi connectivity index (χ3v) is 5.09. The molecule has 0 fully saturated rings. The average molecular weight is 377 g/mol. The number of ether oxygens (including phenoxy) is 1. The molecule has 7 heteroatoms. The van der Waals surface area contributed by atoms with Crippen LogP contribution in [0.4, 0.5) is 14.5 Å². The molecule has 0 saturated heterocycles. The van der Waals surface area contributed by atoms with E-state index in [1.165, 1.54) is 5.56 Å². The second-order valence-electron chi connectivity index (χ2n) is 6.28. The van der Waals surface area contributed by atoms with Crippen molar-refractivity contribution in [3.05, 3.63) is 47.0 Å². The van der Waals surface area contributed by atoms with Crippen LogP contribution in [0.2, 0.25) is 0 Å². The van der Waals surface area contributed by atoms with E-state index in [1.54, 1.807) is 31.7 Å². The minimum Gasteiger partial charge on any atom is -0.434 e. The van der Waals surface area contributed by atoms with E-state index in [-0.39, 0.29) is 5.75 Å². The Kier molecular flexibility index (Phi) is 5.36. The Balaban J connectivity index is 1.87. The first-order valence-electron chi connectivity index (χ1n) is 8.19. The van der Waals surface area contributed by atoms with Crippen LogP contribution >= 0.6 is 11.8 Å². The van der Waals surface area contributed by atoms with Crippen molar-refractivity contribution in [2.45, 2.75) is 31.4 Å². The standard InChI is InChI=1S/C19H21F2N3OS/c1-11-9-14-16(12(2)17(11)25-18(20)21)23-19(22-14)26-10-13-7-5-6-8-15(13)24(3)4/h5-9,18H,10H2,1-4H3,(H,22,23). The Morgan fingerprint density at radius 1 is 1.23 bits per heavy atom. The number of fused-ring (bicyclic) bond motifs is 1. The van der Waals surface area contributed by atoms with E-state index in [0.29, 0.717) is 16.6 Å². The lowest BCUT2D eigenvalue weighted by molar-refractivity contribution is -0.0506. The van der Waals surface area contributed by atoms with Crippen LogP contribution < -0.4 is 9.64 Å². The molecule has 3 rings (SSSR count).